The van der Waals surface area contributed by atoms with E-state index in [1.54, 1.807) is 11.0 Å². The average Bonchev–Trinajstić information content (AvgIpc) is 3.31. The lowest BCUT2D eigenvalue weighted by molar-refractivity contribution is -0.274. The molecule has 1 aliphatic rings. The maximum atomic E-state index is 13.4. The minimum atomic E-state index is -4.74. The van der Waals surface area contributed by atoms with E-state index in [-0.39, 0.29) is 17.7 Å². The Hall–Kier alpha value is -2.90. The highest BCUT2D eigenvalue weighted by molar-refractivity contribution is 5.88. The van der Waals surface area contributed by atoms with Gasteiger partial charge in [0.25, 0.3) is 0 Å². The van der Waals surface area contributed by atoms with Crippen molar-refractivity contribution in [3.8, 4) is 5.75 Å². The number of hydrogen-bond acceptors (Lipinski definition) is 2. The Balaban J connectivity index is 1.62. The van der Waals surface area contributed by atoms with Crippen molar-refractivity contribution in [2.75, 3.05) is 6.54 Å². The van der Waals surface area contributed by atoms with E-state index in [2.05, 4.69) is 23.6 Å². The molecule has 0 bridgehead atoms. The van der Waals surface area contributed by atoms with Gasteiger partial charge in [0, 0.05) is 54.1 Å². The van der Waals surface area contributed by atoms with Crippen molar-refractivity contribution in [3.63, 3.8) is 0 Å². The minimum absolute atomic E-state index is 0.0302. The van der Waals surface area contributed by atoms with Gasteiger partial charge in [-0.3, -0.25) is 4.79 Å². The summed E-state index contributed by atoms with van der Waals surface area (Å²) in [5.74, 6) is 0.115. The van der Waals surface area contributed by atoms with Crippen molar-refractivity contribution in [2.45, 2.75) is 45.6 Å². The van der Waals surface area contributed by atoms with Crippen LogP contribution in [0.15, 0.2) is 42.7 Å². The van der Waals surface area contributed by atoms with Crippen molar-refractivity contribution in [2.24, 2.45) is 5.92 Å². The van der Waals surface area contributed by atoms with Gasteiger partial charge in [0.1, 0.15) is 11.8 Å². The molecule has 0 fully saturated rings. The summed E-state index contributed by atoms with van der Waals surface area (Å²) in [7, 11) is 0. The van der Waals surface area contributed by atoms with Crippen LogP contribution in [0.1, 0.15) is 37.6 Å². The number of H-pyrrole nitrogens is 1. The molecule has 0 aliphatic carbocycles. The second kappa shape index (κ2) is 7.74. The molecule has 8 heteroatoms. The topological polar surface area (TPSA) is 50.3 Å². The number of ether oxygens (including phenoxy) is 1. The quantitative estimate of drug-likeness (QED) is 0.630. The van der Waals surface area contributed by atoms with Gasteiger partial charge in [-0.1, -0.05) is 13.8 Å². The molecule has 1 N–H and O–H groups in total. The smallest absolute Gasteiger partial charge is 0.406 e. The number of halogens is 3. The van der Waals surface area contributed by atoms with Crippen molar-refractivity contribution in [1.29, 1.82) is 0 Å². The number of fused-ring (bicyclic) bond motifs is 3. The Morgan fingerprint density at radius 3 is 2.63 bits per heavy atom. The molecular weight excluding hydrogens is 395 g/mol. The Kier molecular flexibility index (Phi) is 5.26. The van der Waals surface area contributed by atoms with E-state index >= 15 is 0 Å². The van der Waals surface area contributed by atoms with Crippen molar-refractivity contribution in [3.05, 3.63) is 54.0 Å². The van der Waals surface area contributed by atoms with Gasteiger partial charge in [0.2, 0.25) is 5.91 Å². The number of carbonyl (C=O) groups excluding carboxylic acids is 1. The summed E-state index contributed by atoms with van der Waals surface area (Å²) in [6.45, 7) is 5.10. The Morgan fingerprint density at radius 1 is 1.23 bits per heavy atom. The minimum Gasteiger partial charge on any atom is -0.406 e. The fourth-order valence-corrected chi connectivity index (χ4v) is 4.14. The number of nitrogens with zero attached hydrogens (tertiary/aromatic N) is 2. The third-order valence-electron chi connectivity index (χ3n) is 5.46. The molecular formula is C22H24F3N3O2. The Bertz CT molecular complexity index is 1040. The van der Waals surface area contributed by atoms with Crippen LogP contribution in [0.5, 0.6) is 5.75 Å². The molecule has 3 heterocycles. The highest BCUT2D eigenvalue weighted by Gasteiger charge is 2.32. The van der Waals surface area contributed by atoms with Crippen LogP contribution < -0.4 is 4.74 Å². The van der Waals surface area contributed by atoms with E-state index in [0.29, 0.717) is 37.2 Å². The van der Waals surface area contributed by atoms with E-state index in [1.165, 1.54) is 12.1 Å². The first-order chi connectivity index (χ1) is 14.2. The average molecular weight is 419 g/mol. The molecule has 0 saturated heterocycles. The van der Waals surface area contributed by atoms with Crippen LogP contribution in [-0.4, -0.2) is 33.3 Å². The number of carbonyl (C=O) groups is 1. The van der Waals surface area contributed by atoms with E-state index in [0.717, 1.165) is 16.8 Å². The van der Waals surface area contributed by atoms with Gasteiger partial charge in [-0.15, -0.1) is 13.2 Å². The summed E-state index contributed by atoms with van der Waals surface area (Å²) in [4.78, 5) is 18.5. The molecule has 5 nitrogen and oxygen atoms in total. The lowest BCUT2D eigenvalue weighted by Crippen LogP contribution is -2.40. The monoisotopic (exact) mass is 419 g/mol. The van der Waals surface area contributed by atoms with Gasteiger partial charge in [-0.2, -0.15) is 0 Å². The fraction of sp³-hybridized carbons (Fsp3) is 0.409. The zero-order valence-corrected chi connectivity index (χ0v) is 16.9. The lowest BCUT2D eigenvalue weighted by atomic mass is 9.99. The second-order valence-corrected chi connectivity index (χ2v) is 8.12. The number of benzene rings is 1. The summed E-state index contributed by atoms with van der Waals surface area (Å²) >= 11 is 0. The molecule has 0 unspecified atom stereocenters. The van der Waals surface area contributed by atoms with Gasteiger partial charge >= 0.3 is 6.36 Å². The molecule has 0 saturated carbocycles. The third kappa shape index (κ3) is 4.17. The van der Waals surface area contributed by atoms with Crippen LogP contribution in [0.25, 0.3) is 10.9 Å². The predicted octanol–water partition coefficient (Wildman–Crippen LogP) is 5.04. The maximum Gasteiger partial charge on any atom is 0.573 e. The van der Waals surface area contributed by atoms with Crippen LogP contribution in [0.2, 0.25) is 0 Å². The zero-order valence-electron chi connectivity index (χ0n) is 16.9. The first kappa shape index (κ1) is 20.4. The molecule has 3 aromatic rings. The highest BCUT2D eigenvalue weighted by Crippen LogP contribution is 2.33. The molecule has 2 aromatic heterocycles. The van der Waals surface area contributed by atoms with Crippen molar-refractivity contribution < 1.29 is 22.7 Å². The normalized spacial score (nSPS) is 15.5. The first-order valence-electron chi connectivity index (χ1n) is 10.0. The molecule has 1 aliphatic heterocycles. The number of aromatic nitrogens is 2. The van der Waals surface area contributed by atoms with Crippen LogP contribution in [0.4, 0.5) is 13.2 Å². The predicted molar refractivity (Wildman–Crippen MR) is 107 cm³/mol. The summed E-state index contributed by atoms with van der Waals surface area (Å²) in [5, 5.41) is 0.658. The van der Waals surface area contributed by atoms with Crippen LogP contribution in [0, 0.1) is 5.92 Å². The maximum absolute atomic E-state index is 13.4. The Labute approximate surface area is 172 Å². The summed E-state index contributed by atoms with van der Waals surface area (Å²) in [6, 6.07) is 7.78. The Morgan fingerprint density at radius 2 is 1.97 bits per heavy atom. The van der Waals surface area contributed by atoms with Crippen LogP contribution in [-0.2, 0) is 17.8 Å². The van der Waals surface area contributed by atoms with Crippen molar-refractivity contribution >= 4 is 16.8 Å². The molecule has 30 heavy (non-hydrogen) atoms. The van der Waals surface area contributed by atoms with Gasteiger partial charge in [0.15, 0.2) is 0 Å². The SMILES string of the molecule is CC(C)C[C@@H](C(=O)N1CCc2[nH]c3ccc(OC(F)(F)F)cc3c2C1)n1cccc1. The summed E-state index contributed by atoms with van der Waals surface area (Å²) in [6.07, 6.45) is 0.395. The molecule has 1 amide bonds. The van der Waals surface area contributed by atoms with Crippen LogP contribution in [0.3, 0.4) is 0 Å². The molecule has 1 aromatic carbocycles. The number of aromatic amines is 1. The summed E-state index contributed by atoms with van der Waals surface area (Å²) < 4.78 is 43.9. The fourth-order valence-electron chi connectivity index (χ4n) is 4.14. The number of alkyl halides is 3. The highest BCUT2D eigenvalue weighted by atomic mass is 19.4. The molecule has 0 spiro atoms. The second-order valence-electron chi connectivity index (χ2n) is 8.12. The number of rotatable bonds is 5. The van der Waals surface area contributed by atoms with Gasteiger partial charge in [-0.05, 0) is 42.7 Å². The zero-order chi connectivity index (χ0) is 21.5. The van der Waals surface area contributed by atoms with Crippen LogP contribution >= 0.6 is 0 Å². The van der Waals surface area contributed by atoms with E-state index in [1.807, 2.05) is 29.1 Å². The number of nitrogens with one attached hydrogen (secondary N) is 1. The van der Waals surface area contributed by atoms with Gasteiger partial charge < -0.3 is 19.2 Å². The molecule has 1 atom stereocenters. The molecule has 160 valence electrons. The first-order valence-corrected chi connectivity index (χ1v) is 10.0. The van der Waals surface area contributed by atoms with E-state index in [9.17, 15) is 18.0 Å². The lowest BCUT2D eigenvalue weighted by Gasteiger charge is -2.32. The number of amides is 1. The molecule has 4 rings (SSSR count). The van der Waals surface area contributed by atoms with E-state index < -0.39 is 6.36 Å². The summed E-state index contributed by atoms with van der Waals surface area (Å²) in [5.41, 5.74) is 2.56. The van der Waals surface area contributed by atoms with Gasteiger partial charge in [-0.25, -0.2) is 0 Å². The molecule has 0 radical (unpaired) electrons. The third-order valence-corrected chi connectivity index (χ3v) is 5.46. The van der Waals surface area contributed by atoms with E-state index in [4.69, 9.17) is 0 Å². The standard InChI is InChI=1S/C22H24F3N3O2/c1-14(2)11-20(27-8-3-4-9-27)21(29)28-10-7-19-17(13-28)16-12-15(30-22(23,24)25)5-6-18(16)26-19/h3-6,8-9,12,14,20,26H,7,10-11,13H2,1-2H3/t20-/m0/s1. The number of hydrogen-bond donors (Lipinski definition) is 1. The van der Waals surface area contributed by atoms with Gasteiger partial charge in [0.05, 0.1) is 0 Å². The largest absolute Gasteiger partial charge is 0.573 e. The van der Waals surface area contributed by atoms with Crippen molar-refractivity contribution in [1.82, 2.24) is 14.5 Å².